The van der Waals surface area contributed by atoms with Crippen molar-refractivity contribution >= 4 is 17.9 Å². The molecule has 0 atom stereocenters. The van der Waals surface area contributed by atoms with E-state index in [1.165, 1.54) is 64.2 Å². The summed E-state index contributed by atoms with van der Waals surface area (Å²) in [5.74, 6) is -3.08. The molecular weight excluding hydrogens is 422 g/mol. The summed E-state index contributed by atoms with van der Waals surface area (Å²) in [5.41, 5.74) is 0. The van der Waals surface area contributed by atoms with Crippen LogP contribution in [0.1, 0.15) is 110 Å². The largest absolute Gasteiger partial charge is 0.550 e. The second kappa shape index (κ2) is 20.7. The van der Waals surface area contributed by atoms with Gasteiger partial charge in [-0.25, -0.2) is 0 Å². The van der Waals surface area contributed by atoms with E-state index in [-0.39, 0.29) is 43.4 Å². The van der Waals surface area contributed by atoms with E-state index in [2.05, 4.69) is 19.1 Å². The number of carboxylic acid groups (broad SMARTS) is 3. The van der Waals surface area contributed by atoms with Crippen LogP contribution in [0, 0.1) is 0 Å². The maximum Gasteiger partial charge on any atom is 0.309 e. The zero-order chi connectivity index (χ0) is 24.8. The summed E-state index contributed by atoms with van der Waals surface area (Å²) >= 11 is 0. The molecule has 0 rings (SSSR count). The minimum atomic E-state index is -1.18. The quantitative estimate of drug-likeness (QED) is 0.122. The first-order chi connectivity index (χ1) is 15.8. The molecule has 0 bridgehead atoms. The van der Waals surface area contributed by atoms with Crippen molar-refractivity contribution < 1.29 is 34.2 Å². The van der Waals surface area contributed by atoms with E-state index in [9.17, 15) is 19.5 Å². The molecule has 2 N–H and O–H groups in total. The number of nitrogens with zero attached hydrogens (tertiary/aromatic N) is 1. The van der Waals surface area contributed by atoms with Crippen molar-refractivity contribution in [2.75, 3.05) is 26.2 Å². The van der Waals surface area contributed by atoms with Gasteiger partial charge < -0.3 is 24.6 Å². The van der Waals surface area contributed by atoms with Gasteiger partial charge in [0.2, 0.25) is 0 Å². The molecule has 0 aliphatic heterocycles. The SMILES string of the molecule is CCCC/C=C/CCCCCCCCCCC[N+](CCC(=O)[O-])(CCC(=O)O)CCC(=O)O. The van der Waals surface area contributed by atoms with Crippen LogP contribution in [0.5, 0.6) is 0 Å². The minimum absolute atomic E-state index is 0.0960. The molecule has 0 spiro atoms. The highest BCUT2D eigenvalue weighted by atomic mass is 16.4. The van der Waals surface area contributed by atoms with E-state index in [4.69, 9.17) is 10.2 Å². The van der Waals surface area contributed by atoms with Gasteiger partial charge in [-0.3, -0.25) is 9.59 Å². The molecule has 33 heavy (non-hydrogen) atoms. The first kappa shape index (κ1) is 31.1. The van der Waals surface area contributed by atoms with Crippen LogP contribution in [-0.4, -0.2) is 58.8 Å². The Hall–Kier alpha value is -1.89. The van der Waals surface area contributed by atoms with E-state index in [1.807, 2.05) is 0 Å². The van der Waals surface area contributed by atoms with Crippen LogP contribution in [0.15, 0.2) is 12.2 Å². The summed E-state index contributed by atoms with van der Waals surface area (Å²) < 4.78 is 0.222. The Morgan fingerprint density at radius 1 is 0.636 bits per heavy atom. The van der Waals surface area contributed by atoms with Crippen LogP contribution in [0.3, 0.4) is 0 Å². The molecule has 7 heteroatoms. The lowest BCUT2D eigenvalue weighted by Crippen LogP contribution is -2.53. The van der Waals surface area contributed by atoms with E-state index in [0.717, 1.165) is 19.3 Å². The molecule has 0 amide bonds. The first-order valence-corrected chi connectivity index (χ1v) is 12.9. The summed E-state index contributed by atoms with van der Waals surface area (Å²) in [6.45, 7) is 3.55. The van der Waals surface area contributed by atoms with Crippen LogP contribution < -0.4 is 5.11 Å². The molecular formula is C26H47NO6. The van der Waals surface area contributed by atoms with Crippen LogP contribution in [-0.2, 0) is 14.4 Å². The fourth-order valence-electron chi connectivity index (χ4n) is 4.17. The number of carbonyl (C=O) groups is 3. The van der Waals surface area contributed by atoms with E-state index < -0.39 is 17.9 Å². The lowest BCUT2D eigenvalue weighted by Gasteiger charge is -2.38. The van der Waals surface area contributed by atoms with Gasteiger partial charge in [-0.1, -0.05) is 70.4 Å². The molecule has 192 valence electrons. The van der Waals surface area contributed by atoms with Gasteiger partial charge in [-0.05, 0) is 32.1 Å². The summed E-state index contributed by atoms with van der Waals surface area (Å²) in [6.07, 6.45) is 19.5. The van der Waals surface area contributed by atoms with Crippen molar-refractivity contribution in [1.82, 2.24) is 0 Å². The topological polar surface area (TPSA) is 115 Å². The monoisotopic (exact) mass is 469 g/mol. The van der Waals surface area contributed by atoms with Crippen molar-refractivity contribution in [3.8, 4) is 0 Å². The Bertz CT molecular complexity index is 515. The predicted octanol–water partition coefficient (Wildman–Crippen LogP) is 4.54. The van der Waals surface area contributed by atoms with Crippen LogP contribution in [0.2, 0.25) is 0 Å². The molecule has 0 radical (unpaired) electrons. The number of unbranched alkanes of at least 4 members (excludes halogenated alkanes) is 11. The standard InChI is InChI=1S/C26H47NO6/c1-2-3-4-5-6-7-8-9-10-11-12-13-14-15-16-20-27(21-17-24(28)29,22-18-25(30)31)23-19-26(32)33/h5-6H,2-4,7-23H2,1H3,(H2-,28,29,30,31,32,33)/b6-5+. The van der Waals surface area contributed by atoms with Gasteiger partial charge in [-0.15, -0.1) is 0 Å². The predicted molar refractivity (Wildman–Crippen MR) is 129 cm³/mol. The Morgan fingerprint density at radius 2 is 1.06 bits per heavy atom. The Labute approximate surface area is 200 Å². The number of allylic oxidation sites excluding steroid dienone is 2. The average molecular weight is 470 g/mol. The van der Waals surface area contributed by atoms with Gasteiger partial charge in [0.1, 0.15) is 0 Å². The van der Waals surface area contributed by atoms with E-state index >= 15 is 0 Å². The number of hydrogen-bond acceptors (Lipinski definition) is 4. The maximum atomic E-state index is 11.1. The second-order valence-electron chi connectivity index (χ2n) is 9.23. The van der Waals surface area contributed by atoms with Gasteiger partial charge in [0.05, 0.1) is 39.0 Å². The fraction of sp³-hybridized carbons (Fsp3) is 0.808. The van der Waals surface area contributed by atoms with Gasteiger partial charge in [-0.2, -0.15) is 0 Å². The van der Waals surface area contributed by atoms with Gasteiger partial charge >= 0.3 is 11.9 Å². The van der Waals surface area contributed by atoms with Crippen molar-refractivity contribution in [2.24, 2.45) is 0 Å². The minimum Gasteiger partial charge on any atom is -0.550 e. The molecule has 0 saturated carbocycles. The fourth-order valence-corrected chi connectivity index (χ4v) is 4.17. The van der Waals surface area contributed by atoms with Crippen LogP contribution in [0.4, 0.5) is 0 Å². The van der Waals surface area contributed by atoms with Gasteiger partial charge in [0.25, 0.3) is 0 Å². The number of aliphatic carboxylic acids is 3. The van der Waals surface area contributed by atoms with Gasteiger partial charge in [0, 0.05) is 12.4 Å². The van der Waals surface area contributed by atoms with Crippen molar-refractivity contribution in [3.05, 3.63) is 12.2 Å². The van der Waals surface area contributed by atoms with Crippen LogP contribution >= 0.6 is 0 Å². The van der Waals surface area contributed by atoms with Gasteiger partial charge in [0.15, 0.2) is 0 Å². The van der Waals surface area contributed by atoms with E-state index in [1.54, 1.807) is 0 Å². The molecule has 0 unspecified atom stereocenters. The number of quaternary nitrogens is 1. The molecule has 0 aromatic rings. The lowest BCUT2D eigenvalue weighted by molar-refractivity contribution is -0.927. The Balaban J connectivity index is 4.15. The molecule has 0 aliphatic rings. The molecule has 0 fully saturated rings. The highest BCUT2D eigenvalue weighted by molar-refractivity contribution is 5.67. The zero-order valence-corrected chi connectivity index (χ0v) is 20.8. The second-order valence-corrected chi connectivity index (χ2v) is 9.23. The number of hydrogen-bond donors (Lipinski definition) is 2. The third-order valence-electron chi connectivity index (χ3n) is 6.28. The third-order valence-corrected chi connectivity index (χ3v) is 6.28. The summed E-state index contributed by atoms with van der Waals surface area (Å²) in [7, 11) is 0. The normalized spacial score (nSPS) is 11.8. The summed E-state index contributed by atoms with van der Waals surface area (Å²) in [4.78, 5) is 33.1. The van der Waals surface area contributed by atoms with Crippen LogP contribution in [0.25, 0.3) is 0 Å². The molecule has 0 aromatic carbocycles. The molecule has 0 saturated heterocycles. The van der Waals surface area contributed by atoms with Crippen molar-refractivity contribution in [2.45, 2.75) is 110 Å². The number of carboxylic acids is 3. The Kier molecular flexibility index (Phi) is 19.5. The number of carbonyl (C=O) groups excluding carboxylic acids is 1. The summed E-state index contributed by atoms with van der Waals surface area (Å²) in [5, 5.41) is 29.1. The average Bonchev–Trinajstić information content (AvgIpc) is 2.76. The number of rotatable bonds is 24. The molecule has 0 aromatic heterocycles. The zero-order valence-electron chi connectivity index (χ0n) is 20.8. The van der Waals surface area contributed by atoms with Crippen molar-refractivity contribution in [1.29, 1.82) is 0 Å². The first-order valence-electron chi connectivity index (χ1n) is 12.9. The smallest absolute Gasteiger partial charge is 0.309 e. The maximum absolute atomic E-state index is 11.1. The summed E-state index contributed by atoms with van der Waals surface area (Å²) in [6, 6.07) is 0. The molecule has 0 heterocycles. The highest BCUT2D eigenvalue weighted by Gasteiger charge is 2.28. The third kappa shape index (κ3) is 20.4. The molecule has 7 nitrogen and oxygen atoms in total. The Morgan fingerprint density at radius 3 is 1.52 bits per heavy atom. The molecule has 0 aliphatic carbocycles. The van der Waals surface area contributed by atoms with E-state index in [0.29, 0.717) is 6.54 Å². The lowest BCUT2D eigenvalue weighted by atomic mass is 10.1. The van der Waals surface area contributed by atoms with Crippen molar-refractivity contribution in [3.63, 3.8) is 0 Å². The highest BCUT2D eigenvalue weighted by Crippen LogP contribution is 2.17.